The molecule has 2 aromatic carbocycles. The van der Waals surface area contributed by atoms with Crippen LogP contribution in [0.25, 0.3) is 0 Å². The van der Waals surface area contributed by atoms with Crippen LogP contribution in [0.1, 0.15) is 27.6 Å². The van der Waals surface area contributed by atoms with E-state index in [1.807, 2.05) is 0 Å². The molecule has 1 atom stereocenters. The predicted octanol–water partition coefficient (Wildman–Crippen LogP) is 2.95. The minimum Gasteiger partial charge on any atom is -0.444 e. The number of amides is 1. The highest BCUT2D eigenvalue weighted by molar-refractivity contribution is 9.10. The monoisotopic (exact) mass is 408 g/mol. The minimum absolute atomic E-state index is 0.118. The van der Waals surface area contributed by atoms with Gasteiger partial charge in [-0.15, -0.1) is 0 Å². The molecule has 0 heterocycles. The van der Waals surface area contributed by atoms with Gasteiger partial charge >= 0.3 is 5.97 Å². The molecule has 2 aromatic rings. The van der Waals surface area contributed by atoms with Gasteiger partial charge in [0, 0.05) is 10.0 Å². The standard InChI is InChI=1S/C17H14BrFN2O4/c1-24-21-9-10-2-4-11(5-3-10)17(23)25-15(16(20)22)13-7-6-12(18)8-14(13)19/h2-9,15H,1H3,(H2,20,22)/b21-9+. The summed E-state index contributed by atoms with van der Waals surface area (Å²) in [5, 5.41) is 3.60. The number of hydrogen-bond acceptors (Lipinski definition) is 5. The lowest BCUT2D eigenvalue weighted by molar-refractivity contribution is -0.127. The second kappa shape index (κ2) is 8.39. The first-order valence-corrected chi connectivity index (χ1v) is 7.83. The highest BCUT2D eigenvalue weighted by Crippen LogP contribution is 2.24. The summed E-state index contributed by atoms with van der Waals surface area (Å²) in [6, 6.07) is 10.2. The molecule has 0 aliphatic rings. The van der Waals surface area contributed by atoms with Gasteiger partial charge < -0.3 is 15.3 Å². The molecule has 0 spiro atoms. The number of ether oxygens (including phenoxy) is 1. The van der Waals surface area contributed by atoms with Crippen molar-refractivity contribution in [3.8, 4) is 0 Å². The largest absolute Gasteiger partial charge is 0.444 e. The Kier molecular flexibility index (Phi) is 6.24. The molecule has 2 rings (SSSR count). The van der Waals surface area contributed by atoms with Crippen LogP contribution in [0.3, 0.4) is 0 Å². The number of nitrogens with zero attached hydrogens (tertiary/aromatic N) is 1. The molecule has 0 saturated carbocycles. The second-order valence-electron chi connectivity index (χ2n) is 4.89. The molecule has 6 nitrogen and oxygen atoms in total. The van der Waals surface area contributed by atoms with E-state index < -0.39 is 23.8 Å². The van der Waals surface area contributed by atoms with E-state index in [0.717, 1.165) is 6.07 Å². The lowest BCUT2D eigenvalue weighted by atomic mass is 10.1. The molecule has 0 aromatic heterocycles. The molecule has 0 saturated heterocycles. The van der Waals surface area contributed by atoms with Gasteiger partial charge in [-0.05, 0) is 29.8 Å². The van der Waals surface area contributed by atoms with Crippen molar-refractivity contribution in [2.45, 2.75) is 6.10 Å². The molecule has 0 radical (unpaired) electrons. The van der Waals surface area contributed by atoms with Crippen molar-refractivity contribution in [2.24, 2.45) is 10.9 Å². The zero-order valence-electron chi connectivity index (χ0n) is 13.1. The van der Waals surface area contributed by atoms with E-state index in [-0.39, 0.29) is 11.1 Å². The van der Waals surface area contributed by atoms with E-state index in [9.17, 15) is 14.0 Å². The van der Waals surface area contributed by atoms with Crippen molar-refractivity contribution in [3.05, 3.63) is 69.4 Å². The SMILES string of the molecule is CO/N=C/c1ccc(C(=O)OC(C(N)=O)c2ccc(Br)cc2F)cc1. The number of oxime groups is 1. The van der Waals surface area contributed by atoms with Gasteiger partial charge in [-0.1, -0.05) is 39.3 Å². The van der Waals surface area contributed by atoms with Gasteiger partial charge in [0.25, 0.3) is 5.91 Å². The van der Waals surface area contributed by atoms with Crippen LogP contribution in [-0.2, 0) is 14.4 Å². The van der Waals surface area contributed by atoms with E-state index in [1.54, 1.807) is 12.1 Å². The van der Waals surface area contributed by atoms with Crippen molar-refractivity contribution >= 4 is 34.0 Å². The van der Waals surface area contributed by atoms with E-state index in [0.29, 0.717) is 10.0 Å². The Morgan fingerprint density at radius 2 is 1.92 bits per heavy atom. The number of nitrogens with two attached hydrogens (primary N) is 1. The Morgan fingerprint density at radius 3 is 2.48 bits per heavy atom. The Morgan fingerprint density at radius 1 is 1.24 bits per heavy atom. The normalized spacial score (nSPS) is 12.0. The van der Waals surface area contributed by atoms with Gasteiger partial charge in [-0.2, -0.15) is 0 Å². The number of hydrogen-bond donors (Lipinski definition) is 1. The van der Waals surface area contributed by atoms with Gasteiger partial charge in [0.1, 0.15) is 12.9 Å². The maximum Gasteiger partial charge on any atom is 0.339 e. The molecular formula is C17H14BrFN2O4. The number of carbonyl (C=O) groups is 2. The Hall–Kier alpha value is -2.74. The van der Waals surface area contributed by atoms with Crippen LogP contribution in [0.2, 0.25) is 0 Å². The van der Waals surface area contributed by atoms with E-state index in [1.165, 1.54) is 37.6 Å². The predicted molar refractivity (Wildman–Crippen MR) is 92.5 cm³/mol. The van der Waals surface area contributed by atoms with Gasteiger partial charge in [-0.25, -0.2) is 9.18 Å². The minimum atomic E-state index is -1.53. The van der Waals surface area contributed by atoms with Gasteiger partial charge in [-0.3, -0.25) is 4.79 Å². The fourth-order valence-electron chi connectivity index (χ4n) is 1.98. The summed E-state index contributed by atoms with van der Waals surface area (Å²) in [5.74, 6) is -2.49. The van der Waals surface area contributed by atoms with Crippen molar-refractivity contribution in [1.82, 2.24) is 0 Å². The van der Waals surface area contributed by atoms with Gasteiger partial charge in [0.2, 0.25) is 6.10 Å². The number of esters is 1. The van der Waals surface area contributed by atoms with Crippen LogP contribution in [0, 0.1) is 5.82 Å². The van der Waals surface area contributed by atoms with E-state index >= 15 is 0 Å². The Labute approximate surface area is 151 Å². The van der Waals surface area contributed by atoms with E-state index in [4.69, 9.17) is 10.5 Å². The third kappa shape index (κ3) is 4.87. The van der Waals surface area contributed by atoms with Crippen LogP contribution in [0.4, 0.5) is 4.39 Å². The van der Waals surface area contributed by atoms with Crippen molar-refractivity contribution in [1.29, 1.82) is 0 Å². The van der Waals surface area contributed by atoms with Crippen LogP contribution < -0.4 is 5.73 Å². The first-order valence-electron chi connectivity index (χ1n) is 7.04. The molecule has 0 aliphatic heterocycles. The maximum absolute atomic E-state index is 14.0. The third-order valence-corrected chi connectivity index (χ3v) is 3.68. The van der Waals surface area contributed by atoms with Gasteiger partial charge in [0.05, 0.1) is 11.8 Å². The summed E-state index contributed by atoms with van der Waals surface area (Å²) in [6.07, 6.45) is -0.0752. The lowest BCUT2D eigenvalue weighted by Gasteiger charge is -2.16. The molecule has 0 aliphatic carbocycles. The zero-order chi connectivity index (χ0) is 18.4. The Bertz CT molecular complexity index is 809. The molecule has 2 N–H and O–H groups in total. The average Bonchev–Trinajstić information content (AvgIpc) is 2.58. The van der Waals surface area contributed by atoms with Crippen LogP contribution >= 0.6 is 15.9 Å². The van der Waals surface area contributed by atoms with E-state index in [2.05, 4.69) is 25.9 Å². The fraction of sp³-hybridized carbons (Fsp3) is 0.118. The highest BCUT2D eigenvalue weighted by Gasteiger charge is 2.26. The zero-order valence-corrected chi connectivity index (χ0v) is 14.7. The molecule has 1 unspecified atom stereocenters. The summed E-state index contributed by atoms with van der Waals surface area (Å²) >= 11 is 3.11. The number of carbonyl (C=O) groups excluding carboxylic acids is 2. The third-order valence-electron chi connectivity index (χ3n) is 3.18. The molecule has 0 fully saturated rings. The molecule has 130 valence electrons. The average molecular weight is 409 g/mol. The fourth-order valence-corrected chi connectivity index (χ4v) is 2.32. The molecular weight excluding hydrogens is 395 g/mol. The molecule has 25 heavy (non-hydrogen) atoms. The Balaban J connectivity index is 2.20. The maximum atomic E-state index is 14.0. The highest BCUT2D eigenvalue weighted by atomic mass is 79.9. The van der Waals surface area contributed by atoms with Crippen molar-refractivity contribution in [2.75, 3.05) is 7.11 Å². The van der Waals surface area contributed by atoms with Gasteiger partial charge in [0.15, 0.2) is 0 Å². The quantitative estimate of drug-likeness (QED) is 0.451. The summed E-state index contributed by atoms with van der Waals surface area (Å²) in [5.41, 5.74) is 6.01. The summed E-state index contributed by atoms with van der Waals surface area (Å²) in [7, 11) is 1.41. The number of rotatable bonds is 6. The molecule has 1 amide bonds. The summed E-state index contributed by atoms with van der Waals surface area (Å²) in [4.78, 5) is 28.4. The lowest BCUT2D eigenvalue weighted by Crippen LogP contribution is -2.27. The van der Waals surface area contributed by atoms with Crippen LogP contribution in [0.15, 0.2) is 52.1 Å². The second-order valence-corrected chi connectivity index (χ2v) is 5.81. The number of primary amides is 1. The molecule has 8 heteroatoms. The van der Waals surface area contributed by atoms with Crippen LogP contribution in [-0.4, -0.2) is 25.2 Å². The number of halogens is 2. The number of benzene rings is 2. The molecule has 0 bridgehead atoms. The first-order chi connectivity index (χ1) is 11.9. The smallest absolute Gasteiger partial charge is 0.339 e. The summed E-state index contributed by atoms with van der Waals surface area (Å²) in [6.45, 7) is 0. The topological polar surface area (TPSA) is 91.0 Å². The first kappa shape index (κ1) is 18.6. The van der Waals surface area contributed by atoms with Crippen molar-refractivity contribution in [3.63, 3.8) is 0 Å². The van der Waals surface area contributed by atoms with Crippen LogP contribution in [0.5, 0.6) is 0 Å². The summed E-state index contributed by atoms with van der Waals surface area (Å²) < 4.78 is 19.6. The van der Waals surface area contributed by atoms with Crippen molar-refractivity contribution < 1.29 is 23.6 Å².